The van der Waals surface area contributed by atoms with Crippen LogP contribution in [-0.4, -0.2) is 43.2 Å². The summed E-state index contributed by atoms with van der Waals surface area (Å²) in [4.78, 5) is 12.7. The minimum Gasteiger partial charge on any atom is -0.457 e. The Morgan fingerprint density at radius 3 is 2.28 bits per heavy atom. The highest BCUT2D eigenvalue weighted by atomic mass is 32.2. The number of urea groups is 1. The Kier molecular flexibility index (Phi) is 11.4. The zero-order chi connectivity index (χ0) is 36.6. The summed E-state index contributed by atoms with van der Waals surface area (Å²) in [6.07, 6.45) is -0.960. The van der Waals surface area contributed by atoms with E-state index in [1.54, 1.807) is 28.6 Å². The van der Waals surface area contributed by atoms with Gasteiger partial charge in [-0.15, -0.1) is 5.10 Å². The van der Waals surface area contributed by atoms with Crippen LogP contribution in [0.5, 0.6) is 11.5 Å². The molecule has 0 unspecified atom stereocenters. The fourth-order valence-electron chi connectivity index (χ4n) is 6.09. The van der Waals surface area contributed by atoms with Crippen LogP contribution in [0.3, 0.4) is 0 Å². The molecule has 1 aliphatic rings. The van der Waals surface area contributed by atoms with Crippen molar-refractivity contribution in [3.63, 3.8) is 0 Å². The van der Waals surface area contributed by atoms with Crippen molar-refractivity contribution in [1.29, 1.82) is 0 Å². The molecule has 0 aliphatic carbocycles. The minimum absolute atomic E-state index is 0.0131. The molecule has 270 valence electrons. The van der Waals surface area contributed by atoms with Gasteiger partial charge in [-0.05, 0) is 80.7 Å². The highest BCUT2D eigenvalue weighted by Crippen LogP contribution is 2.43. The summed E-state index contributed by atoms with van der Waals surface area (Å²) < 4.78 is 20.7. The molecule has 1 saturated heterocycles. The van der Waals surface area contributed by atoms with E-state index in [0.717, 1.165) is 44.3 Å². The summed E-state index contributed by atoms with van der Waals surface area (Å²) in [6.45, 7) is 2.48. The Hall–Kier alpha value is -5.53. The molecule has 5 aromatic carbocycles. The van der Waals surface area contributed by atoms with Gasteiger partial charge in [0.25, 0.3) is 0 Å². The first-order valence-electron chi connectivity index (χ1n) is 17.3. The van der Waals surface area contributed by atoms with E-state index in [-0.39, 0.29) is 30.8 Å². The van der Waals surface area contributed by atoms with Gasteiger partial charge in [0.05, 0.1) is 18.8 Å². The predicted molar refractivity (Wildman–Crippen MR) is 203 cm³/mol. The molecule has 1 fully saturated rings. The number of nitrogens with one attached hydrogen (secondary N) is 2. The smallest absolute Gasteiger partial charge is 0.319 e. The van der Waals surface area contributed by atoms with E-state index < -0.39 is 6.29 Å². The second-order valence-corrected chi connectivity index (χ2v) is 13.8. The van der Waals surface area contributed by atoms with Gasteiger partial charge in [0.15, 0.2) is 6.29 Å². The molecule has 0 radical (unpaired) electrons. The molecule has 12 heteroatoms. The van der Waals surface area contributed by atoms with Gasteiger partial charge in [-0.2, -0.15) is 0 Å². The van der Waals surface area contributed by atoms with Crippen LogP contribution >= 0.6 is 11.8 Å². The number of aliphatic hydroxyl groups excluding tert-OH is 1. The van der Waals surface area contributed by atoms with Crippen LogP contribution in [0, 0.1) is 5.92 Å². The largest absolute Gasteiger partial charge is 0.457 e. The third-order valence-corrected chi connectivity index (χ3v) is 10.2. The number of aliphatic hydroxyl groups is 1. The monoisotopic (exact) mass is 728 g/mol. The van der Waals surface area contributed by atoms with E-state index in [1.807, 2.05) is 104 Å². The van der Waals surface area contributed by atoms with Crippen molar-refractivity contribution in [3.8, 4) is 22.6 Å². The molecule has 0 spiro atoms. The Balaban J connectivity index is 0.985. The molecule has 53 heavy (non-hydrogen) atoms. The molecule has 1 aromatic heterocycles. The zero-order valence-corrected chi connectivity index (χ0v) is 30.1. The van der Waals surface area contributed by atoms with Gasteiger partial charge in [-0.3, -0.25) is 0 Å². The SMILES string of the molecule is C[C@@H]1[C@H](CSc2nnnn2C)O[C@H](c2ccc(-c3cccc(CNC(=O)Nc4ccc(Oc5ccccc5)cc4)c3)cc2)O[C@@H]1c1ccc(CO)cc1. The van der Waals surface area contributed by atoms with Crippen molar-refractivity contribution in [2.45, 2.75) is 43.7 Å². The summed E-state index contributed by atoms with van der Waals surface area (Å²) in [6, 6.07) is 40.7. The van der Waals surface area contributed by atoms with Crippen LogP contribution in [0.25, 0.3) is 11.1 Å². The number of anilines is 1. The van der Waals surface area contributed by atoms with Gasteiger partial charge in [0, 0.05) is 36.5 Å². The van der Waals surface area contributed by atoms with Gasteiger partial charge in [-0.1, -0.05) is 104 Å². The number of nitrogens with zero attached hydrogens (tertiary/aromatic N) is 4. The molecule has 2 amide bonds. The summed E-state index contributed by atoms with van der Waals surface area (Å²) in [5.74, 6) is 2.12. The Morgan fingerprint density at radius 1 is 0.830 bits per heavy atom. The molecule has 6 aromatic rings. The molecule has 0 bridgehead atoms. The maximum absolute atomic E-state index is 12.7. The van der Waals surface area contributed by atoms with Crippen molar-refractivity contribution < 1.29 is 24.1 Å². The summed E-state index contributed by atoms with van der Waals surface area (Å²) in [5, 5.41) is 27.9. The highest BCUT2D eigenvalue weighted by molar-refractivity contribution is 7.99. The number of rotatable bonds is 12. The minimum atomic E-state index is -0.590. The summed E-state index contributed by atoms with van der Waals surface area (Å²) in [5.41, 5.74) is 6.47. The van der Waals surface area contributed by atoms with Crippen LogP contribution in [0.4, 0.5) is 10.5 Å². The summed E-state index contributed by atoms with van der Waals surface area (Å²) in [7, 11) is 1.82. The predicted octanol–water partition coefficient (Wildman–Crippen LogP) is 8.07. The maximum Gasteiger partial charge on any atom is 0.319 e. The van der Waals surface area contributed by atoms with E-state index in [0.29, 0.717) is 23.7 Å². The second-order valence-electron chi connectivity index (χ2n) is 12.8. The number of benzene rings is 5. The summed E-state index contributed by atoms with van der Waals surface area (Å²) >= 11 is 1.55. The van der Waals surface area contributed by atoms with Crippen LogP contribution < -0.4 is 15.4 Å². The number of thioether (sulfide) groups is 1. The number of hydrogen-bond donors (Lipinski definition) is 3. The van der Waals surface area contributed by atoms with E-state index in [2.05, 4.69) is 51.3 Å². The lowest BCUT2D eigenvalue weighted by Crippen LogP contribution is -2.38. The highest BCUT2D eigenvalue weighted by Gasteiger charge is 2.38. The molecule has 11 nitrogen and oxygen atoms in total. The first kappa shape index (κ1) is 35.9. The van der Waals surface area contributed by atoms with Gasteiger partial charge in [-0.25, -0.2) is 9.48 Å². The Labute approximate surface area is 312 Å². The van der Waals surface area contributed by atoms with Gasteiger partial charge < -0.3 is 30.0 Å². The fourth-order valence-corrected chi connectivity index (χ4v) is 7.11. The van der Waals surface area contributed by atoms with Crippen molar-refractivity contribution in [3.05, 3.63) is 150 Å². The average molecular weight is 729 g/mol. The molecular weight excluding hydrogens is 689 g/mol. The molecule has 1 aliphatic heterocycles. The fraction of sp³-hybridized carbons (Fsp3) is 0.220. The second kappa shape index (κ2) is 16.9. The number of aromatic nitrogens is 4. The van der Waals surface area contributed by atoms with E-state index in [1.165, 1.54) is 0 Å². The molecule has 4 atom stereocenters. The Morgan fingerprint density at radius 2 is 1.57 bits per heavy atom. The first-order valence-corrected chi connectivity index (χ1v) is 18.3. The first-order chi connectivity index (χ1) is 25.9. The number of hydrogen-bond acceptors (Lipinski definition) is 9. The zero-order valence-electron chi connectivity index (χ0n) is 29.3. The number of aryl methyl sites for hydroxylation is 1. The maximum atomic E-state index is 12.7. The van der Waals surface area contributed by atoms with E-state index >= 15 is 0 Å². The van der Waals surface area contributed by atoms with Crippen LogP contribution in [0.1, 0.15) is 41.6 Å². The van der Waals surface area contributed by atoms with Gasteiger partial charge in [0.2, 0.25) is 5.16 Å². The number of tetrazole rings is 1. The molecular formula is C41H40N6O5S. The van der Waals surface area contributed by atoms with Crippen LogP contribution in [-0.2, 0) is 29.7 Å². The number of ether oxygens (including phenoxy) is 3. The topological polar surface area (TPSA) is 133 Å². The third kappa shape index (κ3) is 9.10. The average Bonchev–Trinajstić information content (AvgIpc) is 3.62. The number of amides is 2. The normalized spacial score (nSPS) is 18.3. The molecule has 2 heterocycles. The van der Waals surface area contributed by atoms with E-state index in [4.69, 9.17) is 14.2 Å². The van der Waals surface area contributed by atoms with Crippen molar-refractivity contribution in [2.75, 3.05) is 11.1 Å². The van der Waals surface area contributed by atoms with Crippen molar-refractivity contribution >= 4 is 23.5 Å². The van der Waals surface area contributed by atoms with Gasteiger partial charge in [0.1, 0.15) is 11.5 Å². The van der Waals surface area contributed by atoms with Gasteiger partial charge >= 0.3 is 6.03 Å². The lowest BCUT2D eigenvalue weighted by atomic mass is 9.91. The standard InChI is InChI=1S/C41H40N6O5S/c1-27-37(26-53-41-44-45-46-47(41)2)51-39(52-38(27)31-13-11-28(25-48)12-14-31)32-17-15-30(16-18-32)33-8-6-7-29(23-33)24-42-40(49)43-34-19-21-36(22-20-34)50-35-9-4-3-5-10-35/h3-23,27,37-39,48H,24-26H2,1-2H3,(H2,42,43,49)/t27-,37+,38+,39+/m1/s1. The van der Waals surface area contributed by atoms with Crippen molar-refractivity contribution in [1.82, 2.24) is 25.5 Å². The van der Waals surface area contributed by atoms with Crippen LogP contribution in [0.15, 0.2) is 133 Å². The number of carbonyl (C=O) groups excluding carboxylic acids is 1. The Bertz CT molecular complexity index is 2100. The molecule has 7 rings (SSSR count). The van der Waals surface area contributed by atoms with E-state index in [9.17, 15) is 9.90 Å². The molecule has 0 saturated carbocycles. The number of carbonyl (C=O) groups is 1. The lowest BCUT2D eigenvalue weighted by molar-refractivity contribution is -0.268. The quantitative estimate of drug-likeness (QED) is 0.107. The number of para-hydroxylation sites is 1. The lowest BCUT2D eigenvalue weighted by Gasteiger charge is -2.41. The van der Waals surface area contributed by atoms with Crippen molar-refractivity contribution in [2.24, 2.45) is 13.0 Å². The third-order valence-electron chi connectivity index (χ3n) is 9.07. The van der Waals surface area contributed by atoms with Crippen LogP contribution in [0.2, 0.25) is 0 Å². The molecule has 3 N–H and O–H groups in total.